The predicted molar refractivity (Wildman–Crippen MR) is 169 cm³/mol. The van der Waals surface area contributed by atoms with Gasteiger partial charge in [0.15, 0.2) is 0 Å². The van der Waals surface area contributed by atoms with Gasteiger partial charge in [-0.3, -0.25) is 14.4 Å². The smallest absolute Gasteiger partial charge is 0.265 e. The SMILES string of the molecule is O=C(Nc1ccc2c(cnn2-c2ccc(NC(=O)c3cccs3)cc2)c1)c1ccc(N2CCN(C(=O)C3CC3)CC2)cc1. The lowest BCUT2D eigenvalue weighted by Crippen LogP contribution is -2.49. The number of aromatic nitrogens is 2. The van der Waals surface area contributed by atoms with Gasteiger partial charge in [0.2, 0.25) is 5.91 Å². The van der Waals surface area contributed by atoms with Crippen LogP contribution in [0.2, 0.25) is 0 Å². The molecule has 1 aliphatic heterocycles. The summed E-state index contributed by atoms with van der Waals surface area (Å²) >= 11 is 1.40. The number of hydrogen-bond acceptors (Lipinski definition) is 6. The van der Waals surface area contributed by atoms with Crippen LogP contribution in [0, 0.1) is 5.92 Å². The Morgan fingerprint density at radius 3 is 2.16 bits per heavy atom. The Morgan fingerprint density at radius 1 is 0.767 bits per heavy atom. The highest BCUT2D eigenvalue weighted by atomic mass is 32.1. The normalized spacial score (nSPS) is 15.0. The number of carbonyl (C=O) groups excluding carboxylic acids is 3. The first-order valence-corrected chi connectivity index (χ1v) is 15.3. The fraction of sp³-hybridized carbons (Fsp3) is 0.212. The Morgan fingerprint density at radius 2 is 1.47 bits per heavy atom. The summed E-state index contributed by atoms with van der Waals surface area (Å²) in [5.41, 5.74) is 4.78. The molecule has 1 aliphatic carbocycles. The molecule has 5 aromatic rings. The zero-order chi connectivity index (χ0) is 29.3. The van der Waals surface area contributed by atoms with Crippen molar-refractivity contribution >= 4 is 57.0 Å². The van der Waals surface area contributed by atoms with Gasteiger partial charge in [0, 0.05) is 60.1 Å². The zero-order valence-corrected chi connectivity index (χ0v) is 24.2. The molecule has 2 aliphatic rings. The molecule has 3 amide bonds. The van der Waals surface area contributed by atoms with Gasteiger partial charge in [-0.2, -0.15) is 5.10 Å². The van der Waals surface area contributed by atoms with Crippen molar-refractivity contribution in [2.75, 3.05) is 41.7 Å². The maximum atomic E-state index is 13.0. The van der Waals surface area contributed by atoms with Crippen molar-refractivity contribution in [2.45, 2.75) is 12.8 Å². The number of nitrogens with zero attached hydrogens (tertiary/aromatic N) is 4. The fourth-order valence-corrected chi connectivity index (χ4v) is 6.02. The van der Waals surface area contributed by atoms with Crippen molar-refractivity contribution in [1.29, 1.82) is 0 Å². The number of carbonyl (C=O) groups is 3. The number of rotatable bonds is 7. The van der Waals surface area contributed by atoms with Gasteiger partial charge in [-0.15, -0.1) is 11.3 Å². The number of anilines is 3. The third kappa shape index (κ3) is 5.74. The summed E-state index contributed by atoms with van der Waals surface area (Å²) in [5, 5.41) is 13.2. The summed E-state index contributed by atoms with van der Waals surface area (Å²) in [5.74, 6) is 0.257. The summed E-state index contributed by atoms with van der Waals surface area (Å²) in [6.45, 7) is 3.09. The van der Waals surface area contributed by atoms with E-state index in [4.69, 9.17) is 0 Å². The average molecular weight is 591 g/mol. The molecule has 0 radical (unpaired) electrons. The van der Waals surface area contributed by atoms with E-state index in [1.54, 1.807) is 12.3 Å². The van der Waals surface area contributed by atoms with Gasteiger partial charge in [-0.1, -0.05) is 6.07 Å². The second-order valence-electron chi connectivity index (χ2n) is 10.9. The lowest BCUT2D eigenvalue weighted by Gasteiger charge is -2.36. The molecule has 2 aromatic heterocycles. The molecule has 0 spiro atoms. The third-order valence-electron chi connectivity index (χ3n) is 7.95. The number of nitrogens with one attached hydrogen (secondary N) is 2. The van der Waals surface area contributed by atoms with Crippen LogP contribution >= 0.6 is 11.3 Å². The molecule has 10 heteroatoms. The highest BCUT2D eigenvalue weighted by Crippen LogP contribution is 2.31. The molecule has 0 atom stereocenters. The maximum absolute atomic E-state index is 13.0. The lowest BCUT2D eigenvalue weighted by molar-refractivity contribution is -0.132. The molecule has 0 unspecified atom stereocenters. The van der Waals surface area contributed by atoms with Crippen molar-refractivity contribution in [1.82, 2.24) is 14.7 Å². The second-order valence-corrected chi connectivity index (χ2v) is 11.8. The van der Waals surface area contributed by atoms with E-state index >= 15 is 0 Å². The van der Waals surface area contributed by atoms with Gasteiger partial charge in [-0.25, -0.2) is 4.68 Å². The summed E-state index contributed by atoms with van der Waals surface area (Å²) in [4.78, 5) is 42.6. The molecule has 7 rings (SSSR count). The van der Waals surface area contributed by atoms with Crippen LogP contribution in [0.5, 0.6) is 0 Å². The maximum Gasteiger partial charge on any atom is 0.265 e. The molecule has 9 nitrogen and oxygen atoms in total. The predicted octanol–water partition coefficient (Wildman–Crippen LogP) is 5.65. The number of benzene rings is 3. The van der Waals surface area contributed by atoms with Gasteiger partial charge in [0.05, 0.1) is 22.3 Å². The van der Waals surface area contributed by atoms with Gasteiger partial charge in [0.1, 0.15) is 0 Å². The van der Waals surface area contributed by atoms with Crippen molar-refractivity contribution in [3.05, 3.63) is 101 Å². The van der Waals surface area contributed by atoms with E-state index < -0.39 is 0 Å². The average Bonchev–Trinajstić information content (AvgIpc) is 3.57. The molecule has 3 heterocycles. The number of thiophene rings is 1. The number of fused-ring (bicyclic) bond motifs is 1. The Bertz CT molecular complexity index is 1790. The highest BCUT2D eigenvalue weighted by Gasteiger charge is 2.34. The van der Waals surface area contributed by atoms with E-state index in [0.717, 1.165) is 61.3 Å². The van der Waals surface area contributed by atoms with E-state index in [-0.39, 0.29) is 17.7 Å². The molecule has 1 saturated carbocycles. The van der Waals surface area contributed by atoms with E-state index in [1.165, 1.54) is 11.3 Å². The van der Waals surface area contributed by atoms with Crippen LogP contribution in [0.15, 0.2) is 90.4 Å². The minimum atomic E-state index is -0.182. The van der Waals surface area contributed by atoms with Crippen LogP contribution in [-0.2, 0) is 4.79 Å². The van der Waals surface area contributed by atoms with Crippen LogP contribution < -0.4 is 15.5 Å². The van der Waals surface area contributed by atoms with Crippen LogP contribution in [0.1, 0.15) is 32.9 Å². The highest BCUT2D eigenvalue weighted by molar-refractivity contribution is 7.12. The molecule has 3 aromatic carbocycles. The molecular formula is C33H30N6O3S. The quantitative estimate of drug-likeness (QED) is 0.255. The summed E-state index contributed by atoms with van der Waals surface area (Å²) < 4.78 is 1.83. The Hall–Kier alpha value is -4.96. The monoisotopic (exact) mass is 590 g/mol. The molecule has 43 heavy (non-hydrogen) atoms. The fourth-order valence-electron chi connectivity index (χ4n) is 5.40. The van der Waals surface area contributed by atoms with E-state index in [1.807, 2.05) is 87.8 Å². The minimum absolute atomic E-state index is 0.131. The zero-order valence-electron chi connectivity index (χ0n) is 23.4. The third-order valence-corrected chi connectivity index (χ3v) is 8.82. The largest absolute Gasteiger partial charge is 0.368 e. The lowest BCUT2D eigenvalue weighted by atomic mass is 10.1. The standard InChI is InChI=1S/C33H30N6O3S/c40-31(22-5-10-27(11-6-22)37-15-17-38(18-16-37)33(42)23-3-4-23)36-26-9-14-29-24(20-26)21-34-39(29)28-12-7-25(8-13-28)35-32(41)30-2-1-19-43-30/h1-2,5-14,19-21,23H,3-4,15-18H2,(H,35,41)(H,36,40). The Kier molecular flexibility index (Phi) is 7.12. The number of hydrogen-bond donors (Lipinski definition) is 2. The number of amides is 3. The first kappa shape index (κ1) is 26.9. The van der Waals surface area contributed by atoms with Gasteiger partial charge in [0.25, 0.3) is 11.8 Å². The van der Waals surface area contributed by atoms with Crippen LogP contribution in [0.3, 0.4) is 0 Å². The number of piperazine rings is 1. The summed E-state index contributed by atoms with van der Waals surface area (Å²) in [6.07, 6.45) is 3.84. The summed E-state index contributed by atoms with van der Waals surface area (Å²) in [7, 11) is 0. The Balaban J connectivity index is 0.973. The van der Waals surface area contributed by atoms with Crippen molar-refractivity contribution < 1.29 is 14.4 Å². The minimum Gasteiger partial charge on any atom is -0.368 e. The molecule has 0 bridgehead atoms. The van der Waals surface area contributed by atoms with Crippen molar-refractivity contribution in [3.63, 3.8) is 0 Å². The van der Waals surface area contributed by atoms with Crippen LogP contribution in [0.4, 0.5) is 17.1 Å². The molecule has 2 N–H and O–H groups in total. The van der Waals surface area contributed by atoms with E-state index in [2.05, 4.69) is 20.6 Å². The topological polar surface area (TPSA) is 99.6 Å². The molecular weight excluding hydrogens is 560 g/mol. The van der Waals surface area contributed by atoms with Crippen LogP contribution in [-0.4, -0.2) is 58.6 Å². The van der Waals surface area contributed by atoms with E-state index in [9.17, 15) is 14.4 Å². The first-order chi connectivity index (χ1) is 21.0. The molecule has 1 saturated heterocycles. The van der Waals surface area contributed by atoms with Crippen molar-refractivity contribution in [3.8, 4) is 5.69 Å². The van der Waals surface area contributed by atoms with Gasteiger partial charge < -0.3 is 20.4 Å². The van der Waals surface area contributed by atoms with E-state index in [0.29, 0.717) is 27.7 Å². The first-order valence-electron chi connectivity index (χ1n) is 14.4. The van der Waals surface area contributed by atoms with Gasteiger partial charge in [-0.05, 0) is 91.0 Å². The molecule has 2 fully saturated rings. The second kappa shape index (κ2) is 11.4. The summed E-state index contributed by atoms with van der Waals surface area (Å²) in [6, 6.07) is 24.5. The molecule has 216 valence electrons. The van der Waals surface area contributed by atoms with Crippen molar-refractivity contribution in [2.24, 2.45) is 5.92 Å². The van der Waals surface area contributed by atoms with Gasteiger partial charge >= 0.3 is 0 Å². The Labute approximate surface area is 252 Å². The van der Waals surface area contributed by atoms with Crippen LogP contribution in [0.25, 0.3) is 16.6 Å².